The van der Waals surface area contributed by atoms with Crippen molar-refractivity contribution in [2.24, 2.45) is 7.05 Å². The van der Waals surface area contributed by atoms with Gasteiger partial charge in [0.15, 0.2) is 5.69 Å². The minimum atomic E-state index is -4.66. The number of pyridine rings is 1. The summed E-state index contributed by atoms with van der Waals surface area (Å²) in [5.41, 5.74) is 3.14. The molecule has 0 saturated heterocycles. The summed E-state index contributed by atoms with van der Waals surface area (Å²) in [6.45, 7) is 0.972. The maximum atomic E-state index is 14.4. The fraction of sp³-hybridized carbons (Fsp3) is 0.333. The van der Waals surface area contributed by atoms with Gasteiger partial charge in [0.1, 0.15) is 5.75 Å². The third-order valence-electron chi connectivity index (χ3n) is 8.61. The van der Waals surface area contributed by atoms with E-state index in [2.05, 4.69) is 15.1 Å². The minimum Gasteiger partial charge on any atom is -0.497 e. The summed E-state index contributed by atoms with van der Waals surface area (Å²) < 4.78 is 57.0. The van der Waals surface area contributed by atoms with Crippen LogP contribution in [-0.4, -0.2) is 50.0 Å². The summed E-state index contributed by atoms with van der Waals surface area (Å²) in [6, 6.07) is 9.07. The molecule has 0 spiro atoms. The van der Waals surface area contributed by atoms with E-state index in [1.165, 1.54) is 13.2 Å². The summed E-state index contributed by atoms with van der Waals surface area (Å²) in [6.07, 6.45) is 7.22. The predicted molar refractivity (Wildman–Crippen MR) is 161 cm³/mol. The smallest absolute Gasteiger partial charge is 0.435 e. The number of hydrogen-bond acceptors (Lipinski definition) is 6. The van der Waals surface area contributed by atoms with Crippen LogP contribution in [0.3, 0.4) is 0 Å². The van der Waals surface area contributed by atoms with Crippen molar-refractivity contribution < 1.29 is 27.4 Å². The first-order valence-electron chi connectivity index (χ1n) is 14.8. The van der Waals surface area contributed by atoms with Crippen LogP contribution in [0.4, 0.5) is 18.9 Å². The van der Waals surface area contributed by atoms with Crippen LogP contribution in [-0.2, 0) is 37.5 Å². The molecule has 5 aromatic rings. The number of ether oxygens (including phenoxy) is 2. The number of methoxy groups -OCH3 is 1. The van der Waals surface area contributed by atoms with Gasteiger partial charge in [-0.1, -0.05) is 0 Å². The third-order valence-corrected chi connectivity index (χ3v) is 8.61. The van der Waals surface area contributed by atoms with E-state index >= 15 is 0 Å². The Morgan fingerprint density at radius 2 is 1.89 bits per heavy atom. The molecule has 0 atom stereocenters. The molecule has 0 bridgehead atoms. The summed E-state index contributed by atoms with van der Waals surface area (Å²) in [5, 5.41) is 4.48. The zero-order valence-electron chi connectivity index (χ0n) is 24.8. The first-order chi connectivity index (χ1) is 21.7. The fourth-order valence-corrected chi connectivity index (χ4v) is 6.20. The molecule has 3 aromatic heterocycles. The van der Waals surface area contributed by atoms with Crippen molar-refractivity contribution in [2.45, 2.75) is 51.1 Å². The van der Waals surface area contributed by atoms with Crippen LogP contribution in [0.2, 0.25) is 0 Å². The second-order valence-corrected chi connectivity index (χ2v) is 11.6. The standard InChI is InChI=1S/C33H31F3N6O3/c1-40-17-28(31(39-40)33(34,35)36)25-12-20(16-41-11-9-37-19-41)13-26-24(25)7-10-42(32(26)43)29-6-8-38-30-21(18-45-22-4-3-5-22)14-23(44-2)15-27(29)30/h6,8-9,11-15,17,19,22H,3-5,7,10,16,18H2,1-2H3. The topological polar surface area (TPSA) is 87.3 Å². The van der Waals surface area contributed by atoms with Gasteiger partial charge in [0.2, 0.25) is 0 Å². The Bertz CT molecular complexity index is 1900. The third kappa shape index (κ3) is 5.43. The van der Waals surface area contributed by atoms with Crippen molar-refractivity contribution in [1.29, 1.82) is 0 Å². The Morgan fingerprint density at radius 1 is 1.07 bits per heavy atom. The van der Waals surface area contributed by atoms with Gasteiger partial charge in [-0.3, -0.25) is 14.5 Å². The van der Waals surface area contributed by atoms with Crippen molar-refractivity contribution in [3.8, 4) is 16.9 Å². The lowest BCUT2D eigenvalue weighted by molar-refractivity contribution is -0.140. The Labute approximate surface area is 257 Å². The van der Waals surface area contributed by atoms with Crippen molar-refractivity contribution in [3.63, 3.8) is 0 Å². The van der Waals surface area contributed by atoms with E-state index in [9.17, 15) is 18.0 Å². The van der Waals surface area contributed by atoms with Crippen LogP contribution in [0.15, 0.2) is 61.4 Å². The van der Waals surface area contributed by atoms with Gasteiger partial charge in [-0.2, -0.15) is 18.3 Å². The van der Waals surface area contributed by atoms with Crippen LogP contribution < -0.4 is 9.64 Å². The number of fused-ring (bicyclic) bond motifs is 2. The van der Waals surface area contributed by atoms with E-state index in [0.29, 0.717) is 58.8 Å². The van der Waals surface area contributed by atoms with Gasteiger partial charge in [0.25, 0.3) is 5.91 Å². The number of hydrogen-bond donors (Lipinski definition) is 0. The van der Waals surface area contributed by atoms with Crippen LogP contribution in [0.1, 0.15) is 52.0 Å². The van der Waals surface area contributed by atoms with Crippen LogP contribution in [0.5, 0.6) is 5.75 Å². The molecule has 12 heteroatoms. The lowest BCUT2D eigenvalue weighted by atomic mass is 9.87. The van der Waals surface area contributed by atoms with Crippen LogP contribution >= 0.6 is 0 Å². The summed E-state index contributed by atoms with van der Waals surface area (Å²) in [5.74, 6) is 0.319. The molecule has 232 valence electrons. The molecule has 45 heavy (non-hydrogen) atoms. The van der Waals surface area contributed by atoms with E-state index in [1.54, 1.807) is 59.7 Å². The lowest BCUT2D eigenvalue weighted by Gasteiger charge is -2.31. The van der Waals surface area contributed by atoms with E-state index in [0.717, 1.165) is 34.9 Å². The highest BCUT2D eigenvalue weighted by Crippen LogP contribution is 2.41. The number of benzene rings is 2. The molecular weight excluding hydrogens is 585 g/mol. The Hall–Kier alpha value is -4.71. The second kappa shape index (κ2) is 11.3. The normalized spacial score (nSPS) is 15.4. The van der Waals surface area contributed by atoms with Crippen molar-refractivity contribution in [2.75, 3.05) is 18.6 Å². The number of imidazole rings is 1. The number of anilines is 1. The number of carbonyl (C=O) groups excluding carboxylic acids is 1. The number of nitrogens with zero attached hydrogens (tertiary/aromatic N) is 6. The maximum absolute atomic E-state index is 14.4. The van der Waals surface area contributed by atoms with Gasteiger partial charge in [-0.15, -0.1) is 0 Å². The zero-order chi connectivity index (χ0) is 31.3. The number of carbonyl (C=O) groups is 1. The molecule has 1 fully saturated rings. The van der Waals surface area contributed by atoms with Crippen LogP contribution in [0, 0.1) is 0 Å². The van der Waals surface area contributed by atoms with Gasteiger partial charge in [0.05, 0.1) is 37.4 Å². The number of alkyl halides is 3. The molecule has 1 saturated carbocycles. The Balaban J connectivity index is 1.34. The highest BCUT2D eigenvalue weighted by Gasteiger charge is 2.39. The average Bonchev–Trinajstić information content (AvgIpc) is 3.65. The van der Waals surface area contributed by atoms with Crippen molar-refractivity contribution >= 4 is 22.5 Å². The molecule has 2 aliphatic rings. The predicted octanol–water partition coefficient (Wildman–Crippen LogP) is 6.18. The van der Waals surface area contributed by atoms with Gasteiger partial charge in [-0.05, 0) is 72.7 Å². The summed E-state index contributed by atoms with van der Waals surface area (Å²) >= 11 is 0. The zero-order valence-corrected chi connectivity index (χ0v) is 24.8. The van der Waals surface area contributed by atoms with Gasteiger partial charge >= 0.3 is 6.18 Å². The minimum absolute atomic E-state index is 0.0508. The number of aryl methyl sites for hydroxylation is 1. The maximum Gasteiger partial charge on any atom is 0.435 e. The molecule has 0 N–H and O–H groups in total. The molecule has 4 heterocycles. The van der Waals surface area contributed by atoms with E-state index in [4.69, 9.17) is 9.47 Å². The fourth-order valence-electron chi connectivity index (χ4n) is 6.20. The second-order valence-electron chi connectivity index (χ2n) is 11.6. The highest BCUT2D eigenvalue weighted by molar-refractivity contribution is 6.13. The largest absolute Gasteiger partial charge is 0.497 e. The van der Waals surface area contributed by atoms with Crippen molar-refractivity contribution in [1.82, 2.24) is 24.3 Å². The van der Waals surface area contributed by atoms with Crippen LogP contribution in [0.25, 0.3) is 22.0 Å². The molecule has 0 radical (unpaired) electrons. The molecule has 7 rings (SSSR count). The highest BCUT2D eigenvalue weighted by atomic mass is 19.4. The average molecular weight is 617 g/mol. The molecule has 1 amide bonds. The van der Waals surface area contributed by atoms with Crippen molar-refractivity contribution in [3.05, 3.63) is 89.4 Å². The number of aromatic nitrogens is 5. The Morgan fingerprint density at radius 3 is 2.60 bits per heavy atom. The number of amides is 1. The molecule has 9 nitrogen and oxygen atoms in total. The van der Waals surface area contributed by atoms with Gasteiger partial charge in [0, 0.05) is 67.0 Å². The molecule has 0 unspecified atom stereocenters. The number of rotatable bonds is 8. The first-order valence-corrected chi connectivity index (χ1v) is 14.8. The molecular formula is C33H31F3N6O3. The lowest BCUT2D eigenvalue weighted by Crippen LogP contribution is -2.38. The van der Waals surface area contributed by atoms with E-state index < -0.39 is 11.9 Å². The molecule has 1 aliphatic carbocycles. The molecule has 1 aliphatic heterocycles. The first kappa shape index (κ1) is 29.0. The summed E-state index contributed by atoms with van der Waals surface area (Å²) in [7, 11) is 3.05. The molecule has 2 aromatic carbocycles. The monoisotopic (exact) mass is 616 g/mol. The quantitative estimate of drug-likeness (QED) is 0.207. The van der Waals surface area contributed by atoms with E-state index in [1.807, 2.05) is 12.1 Å². The van der Waals surface area contributed by atoms with Gasteiger partial charge < -0.3 is 18.9 Å². The Kier molecular flexibility index (Phi) is 7.31. The summed E-state index contributed by atoms with van der Waals surface area (Å²) in [4.78, 5) is 24.8. The SMILES string of the molecule is COc1cc(COC2CCC2)c2nccc(N3CCc4c(cc(Cn5ccnc5)cc4-c4cn(C)nc4C(F)(F)F)C3=O)c2c1. The van der Waals surface area contributed by atoms with E-state index in [-0.39, 0.29) is 24.1 Å². The number of halogens is 3. The van der Waals surface area contributed by atoms with Gasteiger partial charge in [-0.25, -0.2) is 4.98 Å².